The van der Waals surface area contributed by atoms with Gasteiger partial charge in [0.2, 0.25) is 33.7 Å². The Morgan fingerprint density at radius 2 is 1.70 bits per heavy atom. The highest BCUT2D eigenvalue weighted by molar-refractivity contribution is 7.88. The fourth-order valence-corrected chi connectivity index (χ4v) is 9.59. The van der Waals surface area contributed by atoms with E-state index >= 15 is 0 Å². The van der Waals surface area contributed by atoms with Gasteiger partial charge < -0.3 is 35.2 Å². The van der Waals surface area contributed by atoms with E-state index in [0.29, 0.717) is 31.3 Å². The summed E-state index contributed by atoms with van der Waals surface area (Å²) in [4.78, 5) is 59.2. The van der Waals surface area contributed by atoms with E-state index in [2.05, 4.69) is 20.7 Å². The van der Waals surface area contributed by atoms with Crippen LogP contribution in [0.25, 0.3) is 0 Å². The summed E-state index contributed by atoms with van der Waals surface area (Å²) >= 11 is 0. The second-order valence-corrected chi connectivity index (χ2v) is 18.6. The summed E-state index contributed by atoms with van der Waals surface area (Å²) in [6, 6.07) is 7.52. The molecule has 0 aromatic heterocycles. The first-order chi connectivity index (χ1) is 26.5. The molecule has 0 radical (unpaired) electrons. The molecule has 3 fully saturated rings. The van der Waals surface area contributed by atoms with E-state index in [9.17, 15) is 27.6 Å². The summed E-state index contributed by atoms with van der Waals surface area (Å²) in [6.07, 6.45) is 5.46. The Morgan fingerprint density at radius 1 is 1.00 bits per heavy atom. The topological polar surface area (TPSA) is 175 Å². The SMILES string of the molecule is CC[C@H](C)[C@@H]([C@@H](CC(=O)N1CCC[C@H]1[C@H](OC)[C@@H](C)C(=O)N[C@H](CNS(C)(=O)=O)Cc1ccccc1)OC)N(C)C(=O)[C@@H](NC(=O)[C@H]1N[C@@H]2CC[C@H]1C2)C(C)C. The van der Waals surface area contributed by atoms with Crippen LogP contribution in [0.4, 0.5) is 0 Å². The number of hydrogen-bond acceptors (Lipinski definition) is 9. The molecule has 0 spiro atoms. The van der Waals surface area contributed by atoms with Gasteiger partial charge in [-0.3, -0.25) is 19.2 Å². The Hall–Kier alpha value is -3.11. The minimum absolute atomic E-state index is 0.0146. The third-order valence-electron chi connectivity index (χ3n) is 12.4. The first-order valence-corrected chi connectivity index (χ1v) is 22.4. The molecule has 2 bridgehead atoms. The Labute approximate surface area is 335 Å². The molecular formula is C41H68N6O8S. The fourth-order valence-electron chi connectivity index (χ4n) is 9.09. The van der Waals surface area contributed by atoms with Gasteiger partial charge in [-0.05, 0) is 61.8 Å². The van der Waals surface area contributed by atoms with Crippen LogP contribution in [0.15, 0.2) is 30.3 Å². The molecule has 0 unspecified atom stereocenters. The van der Waals surface area contributed by atoms with E-state index in [1.54, 1.807) is 30.9 Å². The number of likely N-dealkylation sites (tertiary alicyclic amines) is 1. The molecule has 56 heavy (non-hydrogen) atoms. The predicted octanol–water partition coefficient (Wildman–Crippen LogP) is 2.46. The summed E-state index contributed by atoms with van der Waals surface area (Å²) in [5.41, 5.74) is 0.949. The third kappa shape index (κ3) is 11.7. The van der Waals surface area contributed by atoms with Gasteiger partial charge in [0.25, 0.3) is 0 Å². The van der Waals surface area contributed by atoms with Crippen LogP contribution in [0.3, 0.4) is 0 Å². The summed E-state index contributed by atoms with van der Waals surface area (Å²) in [5.74, 6) is -1.36. The number of hydrogen-bond donors (Lipinski definition) is 4. The lowest BCUT2D eigenvalue weighted by Gasteiger charge is -2.41. The number of benzene rings is 1. The standard InChI is InChI=1S/C41H68N6O8S/c1-10-26(4)37(46(6)41(51)35(25(2)3)45-40(50)36-29-18-19-30(22-29)43-36)33(54-7)23-34(48)47-20-14-17-32(47)38(55-8)27(5)39(49)44-31(24-42-56(9,52)53)21-28-15-12-11-13-16-28/h11-13,15-16,25-27,29-33,35-38,42-43H,10,14,17-24H2,1-9H3,(H,44,49)(H,45,50)/t26-,27+,29-,30+,31-,32-,33+,35-,36-,37-,38+/m0/s1. The van der Waals surface area contributed by atoms with Crippen molar-refractivity contribution < 1.29 is 37.1 Å². The number of fused-ring (bicyclic) bond motifs is 2. The number of ether oxygens (including phenoxy) is 2. The van der Waals surface area contributed by atoms with Crippen LogP contribution in [-0.2, 0) is 45.1 Å². The molecule has 4 N–H and O–H groups in total. The van der Waals surface area contributed by atoms with Crippen molar-refractivity contribution in [2.75, 3.05) is 40.6 Å². The molecule has 2 saturated heterocycles. The summed E-state index contributed by atoms with van der Waals surface area (Å²) < 4.78 is 38.4. The quantitative estimate of drug-likeness (QED) is 0.146. The average Bonchev–Trinajstić information content (AvgIpc) is 3.94. The van der Waals surface area contributed by atoms with E-state index in [1.807, 2.05) is 58.0 Å². The van der Waals surface area contributed by atoms with Crippen molar-refractivity contribution in [1.82, 2.24) is 30.5 Å². The van der Waals surface area contributed by atoms with Gasteiger partial charge in [-0.15, -0.1) is 0 Å². The van der Waals surface area contributed by atoms with Gasteiger partial charge in [0.05, 0.1) is 48.9 Å². The second kappa shape index (κ2) is 20.5. The van der Waals surface area contributed by atoms with Crippen LogP contribution in [0.2, 0.25) is 0 Å². The lowest BCUT2D eigenvalue weighted by molar-refractivity contribution is -0.147. The van der Waals surface area contributed by atoms with Crippen molar-refractivity contribution in [2.24, 2.45) is 23.7 Å². The molecule has 1 aliphatic carbocycles. The summed E-state index contributed by atoms with van der Waals surface area (Å²) in [6.45, 7) is 10.2. The number of carbonyl (C=O) groups is 4. The Bertz CT molecular complexity index is 1580. The molecule has 2 heterocycles. The number of methoxy groups -OCH3 is 2. The van der Waals surface area contributed by atoms with Crippen LogP contribution in [0, 0.1) is 23.7 Å². The molecule has 4 amide bonds. The maximum Gasteiger partial charge on any atom is 0.245 e. The van der Waals surface area contributed by atoms with Gasteiger partial charge in [-0.2, -0.15) is 0 Å². The average molecular weight is 805 g/mol. The molecule has 4 rings (SSSR count). The zero-order valence-electron chi connectivity index (χ0n) is 35.0. The second-order valence-electron chi connectivity index (χ2n) is 16.7. The number of nitrogens with one attached hydrogen (secondary N) is 4. The molecular weight excluding hydrogens is 737 g/mol. The lowest BCUT2D eigenvalue weighted by Crippen LogP contribution is -2.60. The largest absolute Gasteiger partial charge is 0.379 e. The minimum atomic E-state index is -3.49. The van der Waals surface area contributed by atoms with Crippen LogP contribution >= 0.6 is 0 Å². The summed E-state index contributed by atoms with van der Waals surface area (Å²) in [7, 11) is 1.34. The number of likely N-dealkylation sites (N-methyl/N-ethyl adjacent to an activating group) is 1. The van der Waals surface area contributed by atoms with Crippen molar-refractivity contribution in [3.8, 4) is 0 Å². The maximum absolute atomic E-state index is 14.3. The van der Waals surface area contributed by atoms with E-state index in [4.69, 9.17) is 9.47 Å². The zero-order valence-corrected chi connectivity index (χ0v) is 35.8. The van der Waals surface area contributed by atoms with Crippen LogP contribution in [0.5, 0.6) is 0 Å². The van der Waals surface area contributed by atoms with E-state index in [1.165, 1.54) is 7.11 Å². The Morgan fingerprint density at radius 3 is 2.25 bits per heavy atom. The molecule has 1 aromatic carbocycles. The molecule has 14 nitrogen and oxygen atoms in total. The number of amides is 4. The fraction of sp³-hybridized carbons (Fsp3) is 0.756. The van der Waals surface area contributed by atoms with E-state index in [-0.39, 0.29) is 60.5 Å². The number of carbonyl (C=O) groups excluding carboxylic acids is 4. The van der Waals surface area contributed by atoms with E-state index < -0.39 is 46.3 Å². The monoisotopic (exact) mass is 804 g/mol. The molecule has 1 aromatic rings. The van der Waals surface area contributed by atoms with Crippen molar-refractivity contribution >= 4 is 33.7 Å². The number of sulfonamides is 1. The van der Waals surface area contributed by atoms with Gasteiger partial charge in [-0.25, -0.2) is 13.1 Å². The van der Waals surface area contributed by atoms with Crippen molar-refractivity contribution in [1.29, 1.82) is 0 Å². The molecule has 1 saturated carbocycles. The van der Waals surface area contributed by atoms with Crippen molar-refractivity contribution in [3.63, 3.8) is 0 Å². The van der Waals surface area contributed by atoms with Gasteiger partial charge in [0.15, 0.2) is 0 Å². The van der Waals surface area contributed by atoms with Gasteiger partial charge in [0, 0.05) is 46.4 Å². The van der Waals surface area contributed by atoms with E-state index in [0.717, 1.165) is 43.9 Å². The van der Waals surface area contributed by atoms with Crippen LogP contribution in [0.1, 0.15) is 85.1 Å². The highest BCUT2D eigenvalue weighted by Gasteiger charge is 2.46. The molecule has 15 heteroatoms. The number of piperidine rings is 1. The molecule has 11 atom stereocenters. The maximum atomic E-state index is 14.3. The van der Waals surface area contributed by atoms with Crippen LogP contribution in [-0.4, -0.2) is 131 Å². The van der Waals surface area contributed by atoms with Gasteiger partial charge in [-0.1, -0.05) is 71.4 Å². The molecule has 316 valence electrons. The summed E-state index contributed by atoms with van der Waals surface area (Å²) in [5, 5.41) is 9.54. The highest BCUT2D eigenvalue weighted by Crippen LogP contribution is 2.35. The smallest absolute Gasteiger partial charge is 0.245 e. The van der Waals surface area contributed by atoms with Gasteiger partial charge in [0.1, 0.15) is 6.04 Å². The van der Waals surface area contributed by atoms with Crippen molar-refractivity contribution in [3.05, 3.63) is 35.9 Å². The minimum Gasteiger partial charge on any atom is -0.379 e. The third-order valence-corrected chi connectivity index (χ3v) is 13.1. The normalized spacial score (nSPS) is 24.6. The van der Waals surface area contributed by atoms with Gasteiger partial charge >= 0.3 is 0 Å². The van der Waals surface area contributed by atoms with Crippen LogP contribution < -0.4 is 20.7 Å². The number of nitrogens with zero attached hydrogens (tertiary/aromatic N) is 2. The molecule has 3 aliphatic rings. The Kier molecular flexibility index (Phi) is 16.7. The molecule has 2 aliphatic heterocycles. The lowest BCUT2D eigenvalue weighted by atomic mass is 9.89. The number of rotatable bonds is 21. The highest BCUT2D eigenvalue weighted by atomic mass is 32.2. The van der Waals surface area contributed by atoms with Crippen molar-refractivity contribution in [2.45, 2.75) is 134 Å². The Balaban J connectivity index is 1.45. The first-order valence-electron chi connectivity index (χ1n) is 20.5. The predicted molar refractivity (Wildman–Crippen MR) is 216 cm³/mol. The zero-order chi connectivity index (χ0) is 41.3. The first kappa shape index (κ1) is 45.6.